The van der Waals surface area contributed by atoms with E-state index in [0.717, 1.165) is 29.7 Å². The highest BCUT2D eigenvalue weighted by Gasteiger charge is 2.17. The van der Waals surface area contributed by atoms with Crippen molar-refractivity contribution in [1.82, 2.24) is 15.3 Å². The number of furan rings is 2. The molecule has 27 heavy (non-hydrogen) atoms. The highest BCUT2D eigenvalue weighted by Crippen LogP contribution is 2.32. The van der Waals surface area contributed by atoms with Crippen LogP contribution >= 0.6 is 12.2 Å². The lowest BCUT2D eigenvalue weighted by molar-refractivity contribution is 0.572. The van der Waals surface area contributed by atoms with Crippen molar-refractivity contribution in [3.63, 3.8) is 0 Å². The van der Waals surface area contributed by atoms with Crippen LogP contribution in [-0.4, -0.2) is 21.6 Å². The van der Waals surface area contributed by atoms with E-state index in [1.54, 1.807) is 12.5 Å². The molecular weight excluding hydrogens is 360 g/mol. The number of fused-ring (bicyclic) bond motifs is 1. The van der Waals surface area contributed by atoms with Gasteiger partial charge < -0.3 is 19.5 Å². The number of hydrogen-bond acceptors (Lipinski definition) is 5. The molecule has 4 rings (SSSR count). The topological polar surface area (TPSA) is 76.1 Å². The Balaban J connectivity index is 1.76. The van der Waals surface area contributed by atoms with Crippen molar-refractivity contribution < 1.29 is 8.83 Å². The highest BCUT2D eigenvalue weighted by atomic mass is 32.1. The molecule has 0 aliphatic rings. The second kappa shape index (κ2) is 7.59. The van der Waals surface area contributed by atoms with Crippen LogP contribution in [0.15, 0.2) is 63.8 Å². The first-order valence-corrected chi connectivity index (χ1v) is 9.10. The molecule has 0 aliphatic carbocycles. The van der Waals surface area contributed by atoms with Crippen molar-refractivity contribution in [2.75, 3.05) is 11.9 Å². The zero-order valence-electron chi connectivity index (χ0n) is 14.7. The Kier molecular flexibility index (Phi) is 4.84. The van der Waals surface area contributed by atoms with E-state index in [0.29, 0.717) is 28.0 Å². The van der Waals surface area contributed by atoms with Crippen LogP contribution in [0.4, 0.5) is 5.69 Å². The lowest BCUT2D eigenvalue weighted by Gasteiger charge is -2.11. The number of benzene rings is 1. The Bertz CT molecular complexity index is 1060. The maximum Gasteiger partial charge on any atom is 0.170 e. The van der Waals surface area contributed by atoms with Crippen LogP contribution in [0.3, 0.4) is 0 Å². The molecule has 0 radical (unpaired) electrons. The summed E-state index contributed by atoms with van der Waals surface area (Å²) in [6.07, 6.45) is 4.24. The van der Waals surface area contributed by atoms with E-state index in [2.05, 4.69) is 17.6 Å². The summed E-state index contributed by atoms with van der Waals surface area (Å²) < 4.78 is 11.1. The molecule has 3 aromatic heterocycles. The number of aromatic nitrogens is 2. The van der Waals surface area contributed by atoms with Gasteiger partial charge in [-0.05, 0) is 61.1 Å². The summed E-state index contributed by atoms with van der Waals surface area (Å²) in [4.78, 5) is 9.53. The molecule has 3 heterocycles. The second-order valence-electron chi connectivity index (χ2n) is 5.96. The van der Waals surface area contributed by atoms with Crippen molar-refractivity contribution in [3.8, 4) is 22.9 Å². The number of hydrogen-bond donors (Lipinski definition) is 2. The molecule has 0 fully saturated rings. The van der Waals surface area contributed by atoms with Gasteiger partial charge in [-0.25, -0.2) is 9.97 Å². The van der Waals surface area contributed by atoms with E-state index in [-0.39, 0.29) is 0 Å². The van der Waals surface area contributed by atoms with Gasteiger partial charge in [-0.3, -0.25) is 0 Å². The molecule has 0 saturated heterocycles. The fraction of sp³-hybridized carbons (Fsp3) is 0.150. The first kappa shape index (κ1) is 17.2. The molecule has 136 valence electrons. The quantitative estimate of drug-likeness (QED) is 0.481. The van der Waals surface area contributed by atoms with E-state index in [1.807, 2.05) is 42.5 Å². The lowest BCUT2D eigenvalue weighted by atomic mass is 10.1. The Morgan fingerprint density at radius 3 is 2.22 bits per heavy atom. The Morgan fingerprint density at radius 1 is 0.963 bits per heavy atom. The Morgan fingerprint density at radius 2 is 1.63 bits per heavy atom. The fourth-order valence-electron chi connectivity index (χ4n) is 2.72. The number of nitrogens with zero attached hydrogens (tertiary/aromatic N) is 2. The zero-order chi connectivity index (χ0) is 18.6. The molecule has 2 N–H and O–H groups in total. The van der Waals surface area contributed by atoms with Gasteiger partial charge in [-0.15, -0.1) is 0 Å². The smallest absolute Gasteiger partial charge is 0.170 e. The van der Waals surface area contributed by atoms with Crippen LogP contribution in [0.5, 0.6) is 0 Å². The van der Waals surface area contributed by atoms with E-state index >= 15 is 0 Å². The van der Waals surface area contributed by atoms with Gasteiger partial charge in [-0.1, -0.05) is 6.92 Å². The predicted octanol–water partition coefficient (Wildman–Crippen LogP) is 4.85. The van der Waals surface area contributed by atoms with Gasteiger partial charge in [0.15, 0.2) is 16.6 Å². The van der Waals surface area contributed by atoms with Crippen molar-refractivity contribution in [1.29, 1.82) is 0 Å². The average Bonchev–Trinajstić information content (AvgIpc) is 3.39. The Labute approximate surface area is 161 Å². The third kappa shape index (κ3) is 3.68. The summed E-state index contributed by atoms with van der Waals surface area (Å²) in [5.74, 6) is 1.28. The number of nitrogens with one attached hydrogen (secondary N) is 2. The van der Waals surface area contributed by atoms with Crippen molar-refractivity contribution >= 4 is 34.1 Å². The normalized spacial score (nSPS) is 10.9. The first-order chi connectivity index (χ1) is 13.2. The van der Waals surface area contributed by atoms with E-state index in [9.17, 15) is 0 Å². The summed E-state index contributed by atoms with van der Waals surface area (Å²) in [5.41, 5.74) is 3.62. The van der Waals surface area contributed by atoms with Gasteiger partial charge >= 0.3 is 0 Å². The number of rotatable bonds is 5. The standard InChI is InChI=1S/C20H18N4O2S/c1-2-9-21-20(27)22-13-7-8-14-15(12-13)24-19(17-6-4-11-26-17)18(23-14)16-5-3-10-25-16/h3-8,10-12H,2,9H2,1H3,(H2,21,22,27). The number of anilines is 1. The molecule has 7 heteroatoms. The number of thiocarbonyl (C=S) groups is 1. The summed E-state index contributed by atoms with van der Waals surface area (Å²) >= 11 is 5.30. The van der Waals surface area contributed by atoms with E-state index < -0.39 is 0 Å². The van der Waals surface area contributed by atoms with Gasteiger partial charge in [0.25, 0.3) is 0 Å². The van der Waals surface area contributed by atoms with Gasteiger partial charge in [0.2, 0.25) is 0 Å². The van der Waals surface area contributed by atoms with Crippen molar-refractivity contribution in [2.45, 2.75) is 13.3 Å². The summed E-state index contributed by atoms with van der Waals surface area (Å²) in [6, 6.07) is 13.1. The zero-order valence-corrected chi connectivity index (χ0v) is 15.5. The SMILES string of the molecule is CCCNC(=S)Nc1ccc2nc(-c3ccco3)c(-c3ccco3)nc2c1. The minimum atomic E-state index is 0.586. The lowest BCUT2D eigenvalue weighted by Crippen LogP contribution is -2.28. The van der Waals surface area contributed by atoms with Gasteiger partial charge in [0.05, 0.1) is 23.6 Å². The van der Waals surface area contributed by atoms with E-state index in [4.69, 9.17) is 31.0 Å². The molecule has 0 spiro atoms. The van der Waals surface area contributed by atoms with Crippen LogP contribution < -0.4 is 10.6 Å². The molecule has 6 nitrogen and oxygen atoms in total. The maximum atomic E-state index is 5.56. The van der Waals surface area contributed by atoms with Crippen LogP contribution in [0.2, 0.25) is 0 Å². The molecule has 0 unspecified atom stereocenters. The average molecular weight is 378 g/mol. The van der Waals surface area contributed by atoms with Crippen LogP contribution in [-0.2, 0) is 0 Å². The molecule has 0 atom stereocenters. The third-order valence-electron chi connectivity index (χ3n) is 3.97. The van der Waals surface area contributed by atoms with Gasteiger partial charge in [-0.2, -0.15) is 0 Å². The monoisotopic (exact) mass is 378 g/mol. The second-order valence-corrected chi connectivity index (χ2v) is 6.37. The van der Waals surface area contributed by atoms with Gasteiger partial charge in [0.1, 0.15) is 11.4 Å². The minimum Gasteiger partial charge on any atom is -0.463 e. The summed E-state index contributed by atoms with van der Waals surface area (Å²) in [5, 5.41) is 6.91. The molecule has 4 aromatic rings. The van der Waals surface area contributed by atoms with Gasteiger partial charge in [0, 0.05) is 12.2 Å². The largest absolute Gasteiger partial charge is 0.463 e. The maximum absolute atomic E-state index is 5.56. The van der Waals surface area contributed by atoms with Crippen LogP contribution in [0, 0.1) is 0 Å². The molecule has 1 aromatic carbocycles. The molecule has 0 amide bonds. The Hall–Kier alpha value is -3.19. The summed E-state index contributed by atoms with van der Waals surface area (Å²) in [6.45, 7) is 2.92. The molecular formula is C20H18N4O2S. The highest BCUT2D eigenvalue weighted by molar-refractivity contribution is 7.80. The summed E-state index contributed by atoms with van der Waals surface area (Å²) in [7, 11) is 0. The van der Waals surface area contributed by atoms with Crippen LogP contribution in [0.25, 0.3) is 33.9 Å². The molecule has 0 aliphatic heterocycles. The predicted molar refractivity (Wildman–Crippen MR) is 109 cm³/mol. The minimum absolute atomic E-state index is 0.586. The van der Waals surface area contributed by atoms with Crippen molar-refractivity contribution in [3.05, 3.63) is 55.0 Å². The third-order valence-corrected chi connectivity index (χ3v) is 4.21. The molecule has 0 bridgehead atoms. The first-order valence-electron chi connectivity index (χ1n) is 8.69. The van der Waals surface area contributed by atoms with Crippen LogP contribution in [0.1, 0.15) is 13.3 Å². The fourth-order valence-corrected chi connectivity index (χ4v) is 2.94. The van der Waals surface area contributed by atoms with Crippen molar-refractivity contribution in [2.24, 2.45) is 0 Å². The molecule has 0 saturated carbocycles. The van der Waals surface area contributed by atoms with E-state index in [1.165, 1.54) is 0 Å².